The third-order valence-electron chi connectivity index (χ3n) is 5.35. The van der Waals surface area contributed by atoms with Gasteiger partial charge in [-0.15, -0.1) is 0 Å². The summed E-state index contributed by atoms with van der Waals surface area (Å²) in [6.07, 6.45) is 0.0776. The molecule has 1 amide bonds. The van der Waals surface area contributed by atoms with Crippen LogP contribution in [0.2, 0.25) is 0 Å². The lowest BCUT2D eigenvalue weighted by Crippen LogP contribution is -2.43. The van der Waals surface area contributed by atoms with Gasteiger partial charge in [-0.1, -0.05) is 61.3 Å². The van der Waals surface area contributed by atoms with Crippen molar-refractivity contribution in [3.63, 3.8) is 0 Å². The van der Waals surface area contributed by atoms with Gasteiger partial charge in [0.15, 0.2) is 0 Å². The number of halogens is 2. The molecule has 0 heterocycles. The summed E-state index contributed by atoms with van der Waals surface area (Å²) in [6, 6.07) is 9.97. The van der Waals surface area contributed by atoms with E-state index in [-0.39, 0.29) is 22.4 Å². The van der Waals surface area contributed by atoms with Crippen LogP contribution in [0.5, 0.6) is 11.5 Å². The van der Waals surface area contributed by atoms with Crippen LogP contribution in [-0.2, 0) is 27.4 Å². The van der Waals surface area contributed by atoms with Gasteiger partial charge in [0.1, 0.15) is 22.0 Å². The van der Waals surface area contributed by atoms with Crippen molar-refractivity contribution in [2.24, 2.45) is 5.92 Å². The first-order valence-electron chi connectivity index (χ1n) is 11.1. The molecule has 35 heavy (non-hydrogen) atoms. The number of carbonyl (C=O) groups excluding carboxylic acids is 1. The second-order valence-electron chi connectivity index (χ2n) is 8.11. The van der Waals surface area contributed by atoms with Gasteiger partial charge in [-0.2, -0.15) is 0 Å². The fourth-order valence-electron chi connectivity index (χ4n) is 3.60. The monoisotopic (exact) mass is 523 g/mol. The van der Waals surface area contributed by atoms with Crippen LogP contribution in [0.3, 0.4) is 0 Å². The largest absolute Gasteiger partial charge is 0.496 e. The molecule has 0 saturated heterocycles. The van der Waals surface area contributed by atoms with E-state index >= 15 is 0 Å². The number of carbonyl (C=O) groups is 2. The average molecular weight is 524 g/mol. The number of ether oxygens (including phenoxy) is 3. The van der Waals surface area contributed by atoms with E-state index in [0.717, 1.165) is 22.3 Å². The number of hydrogen-bond donors (Lipinski definition) is 2. The summed E-state index contributed by atoms with van der Waals surface area (Å²) < 4.78 is 16.5. The zero-order chi connectivity index (χ0) is 26.1. The molecule has 0 aliphatic carbocycles. The molecule has 2 aromatic rings. The maximum atomic E-state index is 12.6. The van der Waals surface area contributed by atoms with Crippen molar-refractivity contribution >= 4 is 35.1 Å². The molecule has 2 rings (SSSR count). The molecule has 1 atom stereocenters. The lowest BCUT2D eigenvalue weighted by atomic mass is 9.97. The van der Waals surface area contributed by atoms with E-state index < -0.39 is 17.9 Å². The predicted octanol–water partition coefficient (Wildman–Crippen LogP) is 5.36. The third kappa shape index (κ3) is 7.62. The Morgan fingerprint density at radius 2 is 1.57 bits per heavy atom. The highest BCUT2D eigenvalue weighted by atomic mass is 35.5. The first kappa shape index (κ1) is 28.5. The molecular weight excluding hydrogens is 493 g/mol. The van der Waals surface area contributed by atoms with Crippen LogP contribution in [0, 0.1) is 5.92 Å². The molecule has 0 aliphatic heterocycles. The quantitative estimate of drug-likeness (QED) is 0.363. The van der Waals surface area contributed by atoms with Crippen LogP contribution < -0.4 is 14.8 Å². The second kappa shape index (κ2) is 13.4. The minimum atomic E-state index is -1.16. The van der Waals surface area contributed by atoms with Gasteiger partial charge in [0.05, 0.1) is 26.4 Å². The Balaban J connectivity index is 2.30. The molecular formula is C26H31Cl2NO6. The number of aliphatic carboxylic acids is 1. The highest BCUT2D eigenvalue weighted by molar-refractivity contribution is 6.57. The summed E-state index contributed by atoms with van der Waals surface area (Å²) in [6.45, 7) is 6.46. The zero-order valence-corrected chi connectivity index (χ0v) is 22.0. The molecule has 9 heteroatoms. The van der Waals surface area contributed by atoms with E-state index in [1.807, 2.05) is 31.2 Å². The number of methoxy groups -OCH3 is 2. The van der Waals surface area contributed by atoms with Crippen LogP contribution in [0.15, 0.2) is 46.5 Å². The molecule has 0 bridgehead atoms. The van der Waals surface area contributed by atoms with Gasteiger partial charge in [-0.3, -0.25) is 4.79 Å². The van der Waals surface area contributed by atoms with Crippen molar-refractivity contribution in [3.8, 4) is 22.6 Å². The normalized spacial score (nSPS) is 11.7. The van der Waals surface area contributed by atoms with Crippen molar-refractivity contribution < 1.29 is 28.9 Å². The Morgan fingerprint density at radius 1 is 1.00 bits per heavy atom. The summed E-state index contributed by atoms with van der Waals surface area (Å²) in [4.78, 5) is 24.4. The molecule has 0 saturated carbocycles. The zero-order valence-electron chi connectivity index (χ0n) is 20.5. The van der Waals surface area contributed by atoms with E-state index in [2.05, 4.69) is 5.32 Å². The molecule has 190 valence electrons. The Hall–Kier alpha value is -2.74. The van der Waals surface area contributed by atoms with Gasteiger partial charge in [0.2, 0.25) is 0 Å². The number of rotatable bonds is 12. The minimum Gasteiger partial charge on any atom is -0.496 e. The fourth-order valence-corrected chi connectivity index (χ4v) is 4.21. The van der Waals surface area contributed by atoms with Crippen molar-refractivity contribution in [3.05, 3.63) is 57.6 Å². The average Bonchev–Trinajstić information content (AvgIpc) is 2.81. The standard InChI is InChI=1S/C26H31Cl2NO6/c1-6-35-14-17-12-20(33-4)23(21(13-17)34-5)18-9-7-16(8-10-18)11-19(26(31)32)29-25(30)22(15(2)3)24(27)28/h7-10,12-13,15,19H,6,11,14H2,1-5H3,(H,29,30)(H,31,32)/t19-/m0/s1. The molecule has 2 aromatic carbocycles. The lowest BCUT2D eigenvalue weighted by Gasteiger charge is -2.18. The summed E-state index contributed by atoms with van der Waals surface area (Å²) in [5.41, 5.74) is 3.39. The first-order chi connectivity index (χ1) is 16.6. The summed E-state index contributed by atoms with van der Waals surface area (Å²) in [7, 11) is 3.18. The smallest absolute Gasteiger partial charge is 0.326 e. The number of carboxylic acid groups (broad SMARTS) is 1. The van der Waals surface area contributed by atoms with Crippen molar-refractivity contribution in [2.75, 3.05) is 20.8 Å². The van der Waals surface area contributed by atoms with Crippen LogP contribution in [-0.4, -0.2) is 43.9 Å². The maximum absolute atomic E-state index is 12.6. The Bertz CT molecular complexity index is 1040. The van der Waals surface area contributed by atoms with Gasteiger partial charge < -0.3 is 24.6 Å². The highest BCUT2D eigenvalue weighted by Crippen LogP contribution is 2.40. The van der Waals surface area contributed by atoms with Crippen molar-refractivity contribution in [1.29, 1.82) is 0 Å². The summed E-state index contributed by atoms with van der Waals surface area (Å²) in [5, 5.41) is 12.2. The number of nitrogens with one attached hydrogen (secondary N) is 1. The SMILES string of the molecule is CCOCc1cc(OC)c(-c2ccc(C[C@H](NC(=O)C(=C(Cl)Cl)C(C)C)C(=O)O)cc2)c(OC)c1. The molecule has 0 spiro atoms. The number of hydrogen-bond acceptors (Lipinski definition) is 5. The van der Waals surface area contributed by atoms with Crippen LogP contribution in [0.4, 0.5) is 0 Å². The van der Waals surface area contributed by atoms with E-state index in [4.69, 9.17) is 37.4 Å². The van der Waals surface area contributed by atoms with Gasteiger partial charge >= 0.3 is 5.97 Å². The molecule has 0 unspecified atom stereocenters. The van der Waals surface area contributed by atoms with Crippen LogP contribution in [0.25, 0.3) is 11.1 Å². The molecule has 0 radical (unpaired) electrons. The van der Waals surface area contributed by atoms with Gasteiger partial charge in [0, 0.05) is 18.6 Å². The van der Waals surface area contributed by atoms with Gasteiger partial charge in [0.25, 0.3) is 5.91 Å². The third-order valence-corrected chi connectivity index (χ3v) is 5.76. The Kier molecular flexibility index (Phi) is 10.9. The summed E-state index contributed by atoms with van der Waals surface area (Å²) >= 11 is 11.7. The van der Waals surface area contributed by atoms with E-state index in [1.54, 1.807) is 40.2 Å². The van der Waals surface area contributed by atoms with Crippen molar-refractivity contribution in [2.45, 2.75) is 39.8 Å². The lowest BCUT2D eigenvalue weighted by molar-refractivity contribution is -0.141. The van der Waals surface area contributed by atoms with Crippen LogP contribution in [0.1, 0.15) is 31.9 Å². The maximum Gasteiger partial charge on any atom is 0.326 e. The second-order valence-corrected chi connectivity index (χ2v) is 9.06. The Morgan fingerprint density at radius 3 is 2.00 bits per heavy atom. The topological polar surface area (TPSA) is 94.1 Å². The van der Waals surface area contributed by atoms with Crippen molar-refractivity contribution in [1.82, 2.24) is 5.32 Å². The number of amides is 1. The molecule has 0 aromatic heterocycles. The number of carboxylic acids is 1. The van der Waals surface area contributed by atoms with E-state index in [0.29, 0.717) is 24.7 Å². The molecule has 0 aliphatic rings. The predicted molar refractivity (Wildman–Crippen MR) is 137 cm³/mol. The first-order valence-corrected chi connectivity index (χ1v) is 11.9. The fraction of sp³-hybridized carbons (Fsp3) is 0.385. The van der Waals surface area contributed by atoms with E-state index in [1.165, 1.54) is 0 Å². The Labute approximate surface area is 216 Å². The number of benzene rings is 2. The van der Waals surface area contributed by atoms with Gasteiger partial charge in [-0.05, 0) is 41.7 Å². The van der Waals surface area contributed by atoms with Crippen LogP contribution >= 0.6 is 23.2 Å². The molecule has 0 fully saturated rings. The minimum absolute atomic E-state index is 0.0776. The van der Waals surface area contributed by atoms with Gasteiger partial charge in [-0.25, -0.2) is 4.79 Å². The highest BCUT2D eigenvalue weighted by Gasteiger charge is 2.25. The molecule has 2 N–H and O–H groups in total. The molecule has 7 nitrogen and oxygen atoms in total. The summed E-state index contributed by atoms with van der Waals surface area (Å²) in [5.74, 6) is -0.768. The van der Waals surface area contributed by atoms with E-state index in [9.17, 15) is 14.7 Å².